The summed E-state index contributed by atoms with van der Waals surface area (Å²) in [5.74, 6) is 0.578. The van der Waals surface area contributed by atoms with Gasteiger partial charge in [-0.2, -0.15) is 0 Å². The molecule has 0 fully saturated rings. The van der Waals surface area contributed by atoms with Gasteiger partial charge in [-0.25, -0.2) is 4.39 Å². The zero-order chi connectivity index (χ0) is 24.4. The summed E-state index contributed by atoms with van der Waals surface area (Å²) in [6.07, 6.45) is 1.94. The standard InChI is InChI=1S/C27H24FN5OS/c1-18-7-3-6-10-24(18)33-26(22-15-29-23-9-5-4-8-21(22)23)30-31-27(33)35-17-25(34)32(2)16-19-11-13-20(28)14-12-19/h3-15,29H,16-17H2,1-2H3. The Morgan fingerprint density at radius 2 is 1.77 bits per heavy atom. The molecule has 0 aliphatic rings. The van der Waals surface area contributed by atoms with Crippen molar-refractivity contribution in [3.8, 4) is 17.1 Å². The Morgan fingerprint density at radius 3 is 2.57 bits per heavy atom. The third kappa shape index (κ3) is 4.70. The Kier molecular flexibility index (Phi) is 6.37. The molecule has 0 radical (unpaired) electrons. The number of aromatic nitrogens is 4. The number of hydrogen-bond donors (Lipinski definition) is 1. The Balaban J connectivity index is 1.44. The van der Waals surface area contributed by atoms with E-state index in [-0.39, 0.29) is 17.5 Å². The number of carbonyl (C=O) groups is 1. The Hall–Kier alpha value is -3.91. The molecule has 35 heavy (non-hydrogen) atoms. The average Bonchev–Trinajstić information content (AvgIpc) is 3.48. The highest BCUT2D eigenvalue weighted by atomic mass is 32.2. The Labute approximate surface area is 206 Å². The number of H-pyrrole nitrogens is 1. The number of para-hydroxylation sites is 2. The smallest absolute Gasteiger partial charge is 0.233 e. The number of fused-ring (bicyclic) bond motifs is 1. The van der Waals surface area contributed by atoms with Crippen LogP contribution in [0.5, 0.6) is 0 Å². The molecular formula is C27H24FN5OS. The van der Waals surface area contributed by atoms with Crippen LogP contribution in [0.2, 0.25) is 0 Å². The van der Waals surface area contributed by atoms with Gasteiger partial charge in [-0.3, -0.25) is 9.36 Å². The van der Waals surface area contributed by atoms with E-state index < -0.39 is 0 Å². The number of benzene rings is 3. The quantitative estimate of drug-likeness (QED) is 0.304. The van der Waals surface area contributed by atoms with Crippen LogP contribution in [-0.2, 0) is 11.3 Å². The molecule has 0 aliphatic heterocycles. The van der Waals surface area contributed by atoms with E-state index in [0.717, 1.165) is 33.3 Å². The fourth-order valence-electron chi connectivity index (χ4n) is 4.01. The number of nitrogens with zero attached hydrogens (tertiary/aromatic N) is 4. The minimum Gasteiger partial charge on any atom is -0.360 e. The average molecular weight is 486 g/mol. The van der Waals surface area contributed by atoms with Crippen LogP contribution in [0.3, 0.4) is 0 Å². The molecule has 0 saturated heterocycles. The van der Waals surface area contributed by atoms with Crippen molar-refractivity contribution >= 4 is 28.6 Å². The summed E-state index contributed by atoms with van der Waals surface area (Å²) in [7, 11) is 1.75. The van der Waals surface area contributed by atoms with Gasteiger partial charge in [0.15, 0.2) is 11.0 Å². The van der Waals surface area contributed by atoms with E-state index in [4.69, 9.17) is 0 Å². The van der Waals surface area contributed by atoms with E-state index in [0.29, 0.717) is 17.5 Å². The zero-order valence-electron chi connectivity index (χ0n) is 19.4. The predicted molar refractivity (Wildman–Crippen MR) is 137 cm³/mol. The van der Waals surface area contributed by atoms with Gasteiger partial charge < -0.3 is 9.88 Å². The maximum Gasteiger partial charge on any atom is 0.233 e. The van der Waals surface area contributed by atoms with Crippen molar-refractivity contribution in [1.82, 2.24) is 24.6 Å². The predicted octanol–water partition coefficient (Wildman–Crippen LogP) is 5.61. The minimum absolute atomic E-state index is 0.0488. The first-order valence-electron chi connectivity index (χ1n) is 11.2. The number of aromatic amines is 1. The molecule has 3 aromatic carbocycles. The van der Waals surface area contributed by atoms with Crippen LogP contribution in [0.4, 0.5) is 4.39 Å². The molecule has 0 atom stereocenters. The normalized spacial score (nSPS) is 11.2. The van der Waals surface area contributed by atoms with Gasteiger partial charge in [-0.05, 0) is 42.3 Å². The van der Waals surface area contributed by atoms with E-state index >= 15 is 0 Å². The van der Waals surface area contributed by atoms with Crippen molar-refractivity contribution in [3.05, 3.63) is 95.9 Å². The summed E-state index contributed by atoms with van der Waals surface area (Å²) in [6, 6.07) is 22.3. The van der Waals surface area contributed by atoms with E-state index in [1.165, 1.54) is 23.9 Å². The minimum atomic E-state index is -0.292. The van der Waals surface area contributed by atoms with Gasteiger partial charge in [-0.1, -0.05) is 60.3 Å². The van der Waals surface area contributed by atoms with Crippen molar-refractivity contribution in [2.75, 3.05) is 12.8 Å². The first kappa shape index (κ1) is 22.9. The number of amides is 1. The number of hydrogen-bond acceptors (Lipinski definition) is 4. The van der Waals surface area contributed by atoms with Crippen molar-refractivity contribution in [1.29, 1.82) is 0 Å². The van der Waals surface area contributed by atoms with Crippen molar-refractivity contribution < 1.29 is 9.18 Å². The molecule has 0 bridgehead atoms. The Morgan fingerprint density at radius 1 is 1.03 bits per heavy atom. The highest BCUT2D eigenvalue weighted by Crippen LogP contribution is 2.33. The summed E-state index contributed by atoms with van der Waals surface area (Å²) >= 11 is 1.35. The SMILES string of the molecule is Cc1ccccc1-n1c(SCC(=O)N(C)Cc2ccc(F)cc2)nnc1-c1c[nH]c2ccccc12. The third-order valence-corrected chi connectivity index (χ3v) is 6.82. The van der Waals surface area contributed by atoms with E-state index in [2.05, 4.69) is 21.2 Å². The van der Waals surface area contributed by atoms with Crippen molar-refractivity contribution in [2.24, 2.45) is 0 Å². The lowest BCUT2D eigenvalue weighted by Crippen LogP contribution is -2.27. The first-order valence-corrected chi connectivity index (χ1v) is 12.2. The fraction of sp³-hybridized carbons (Fsp3) is 0.148. The Bertz CT molecular complexity index is 1490. The van der Waals surface area contributed by atoms with Crippen LogP contribution in [0.15, 0.2) is 84.1 Å². The summed E-state index contributed by atoms with van der Waals surface area (Å²) in [5.41, 5.74) is 4.89. The number of thioether (sulfide) groups is 1. The summed E-state index contributed by atoms with van der Waals surface area (Å²) < 4.78 is 15.2. The molecule has 6 nitrogen and oxygen atoms in total. The van der Waals surface area contributed by atoms with Crippen LogP contribution < -0.4 is 0 Å². The fourth-order valence-corrected chi connectivity index (χ4v) is 4.90. The lowest BCUT2D eigenvalue weighted by atomic mass is 10.1. The van der Waals surface area contributed by atoms with E-state index in [1.54, 1.807) is 24.1 Å². The van der Waals surface area contributed by atoms with Gasteiger partial charge in [0.2, 0.25) is 5.91 Å². The van der Waals surface area contributed by atoms with E-state index in [9.17, 15) is 9.18 Å². The monoisotopic (exact) mass is 485 g/mol. The molecule has 5 aromatic rings. The highest BCUT2D eigenvalue weighted by Gasteiger charge is 2.21. The molecule has 176 valence electrons. The van der Waals surface area contributed by atoms with Gasteiger partial charge in [0, 0.05) is 36.3 Å². The molecule has 0 aliphatic carbocycles. The highest BCUT2D eigenvalue weighted by molar-refractivity contribution is 7.99. The van der Waals surface area contributed by atoms with Crippen LogP contribution in [-0.4, -0.2) is 43.4 Å². The second-order valence-electron chi connectivity index (χ2n) is 8.34. The maximum atomic E-state index is 13.2. The topological polar surface area (TPSA) is 66.8 Å². The lowest BCUT2D eigenvalue weighted by Gasteiger charge is -2.17. The van der Waals surface area contributed by atoms with Gasteiger partial charge in [0.1, 0.15) is 5.82 Å². The van der Waals surface area contributed by atoms with Crippen LogP contribution in [0.1, 0.15) is 11.1 Å². The molecule has 1 N–H and O–H groups in total. The van der Waals surface area contributed by atoms with E-state index in [1.807, 2.05) is 60.2 Å². The molecule has 2 aromatic heterocycles. The molecule has 0 saturated carbocycles. The van der Waals surface area contributed by atoms with Gasteiger partial charge in [0.05, 0.1) is 11.4 Å². The summed E-state index contributed by atoms with van der Waals surface area (Å²) in [6.45, 7) is 2.45. The molecule has 2 heterocycles. The third-order valence-electron chi connectivity index (χ3n) is 5.90. The second-order valence-corrected chi connectivity index (χ2v) is 9.28. The first-order chi connectivity index (χ1) is 17.0. The molecule has 1 amide bonds. The second kappa shape index (κ2) is 9.76. The van der Waals surface area contributed by atoms with Crippen LogP contribution in [0, 0.1) is 12.7 Å². The van der Waals surface area contributed by atoms with Gasteiger partial charge in [0.25, 0.3) is 0 Å². The zero-order valence-corrected chi connectivity index (χ0v) is 20.2. The molecule has 8 heteroatoms. The summed E-state index contributed by atoms with van der Waals surface area (Å²) in [4.78, 5) is 17.8. The molecule has 5 rings (SSSR count). The lowest BCUT2D eigenvalue weighted by molar-refractivity contribution is -0.127. The maximum absolute atomic E-state index is 13.2. The van der Waals surface area contributed by atoms with Gasteiger partial charge in [-0.15, -0.1) is 10.2 Å². The van der Waals surface area contributed by atoms with Crippen LogP contribution >= 0.6 is 11.8 Å². The van der Waals surface area contributed by atoms with Crippen molar-refractivity contribution in [2.45, 2.75) is 18.6 Å². The number of halogens is 1. The number of carbonyl (C=O) groups excluding carboxylic acids is 1. The molecule has 0 spiro atoms. The van der Waals surface area contributed by atoms with Crippen molar-refractivity contribution in [3.63, 3.8) is 0 Å². The summed E-state index contributed by atoms with van der Waals surface area (Å²) in [5, 5.41) is 10.7. The number of aryl methyl sites for hydroxylation is 1. The molecule has 0 unspecified atom stereocenters. The van der Waals surface area contributed by atoms with Crippen LogP contribution in [0.25, 0.3) is 28.0 Å². The number of rotatable bonds is 7. The number of nitrogens with one attached hydrogen (secondary N) is 1. The largest absolute Gasteiger partial charge is 0.360 e. The van der Waals surface area contributed by atoms with Gasteiger partial charge >= 0.3 is 0 Å². The molecular weight excluding hydrogens is 461 g/mol.